The van der Waals surface area contributed by atoms with Crippen LogP contribution in [0.25, 0.3) is 0 Å². The third-order valence-electron chi connectivity index (χ3n) is 5.13. The maximum absolute atomic E-state index is 11.2. The summed E-state index contributed by atoms with van der Waals surface area (Å²) >= 11 is 0. The van der Waals surface area contributed by atoms with Crippen molar-refractivity contribution in [2.45, 2.75) is 59.3 Å². The van der Waals surface area contributed by atoms with E-state index in [2.05, 4.69) is 29.3 Å². The van der Waals surface area contributed by atoms with Crippen LogP contribution in [-0.4, -0.2) is 31.2 Å². The topological polar surface area (TPSA) is 50.8 Å². The Hall–Kier alpha value is -2.69. The molecule has 3 rings (SSSR count). The van der Waals surface area contributed by atoms with Gasteiger partial charge in [-0.15, -0.1) is 0 Å². The number of amides is 1. The van der Waals surface area contributed by atoms with Crippen molar-refractivity contribution in [3.05, 3.63) is 53.6 Å². The van der Waals surface area contributed by atoms with E-state index in [1.165, 1.54) is 18.2 Å². The predicted molar refractivity (Wildman–Crippen MR) is 117 cm³/mol. The van der Waals surface area contributed by atoms with E-state index in [-0.39, 0.29) is 24.2 Å². The molecule has 156 valence electrons. The number of carbonyl (C=O) groups excluding carboxylic acids is 1. The smallest absolute Gasteiger partial charge is 0.217 e. The number of anilines is 1. The Kier molecular flexibility index (Phi) is 6.68. The molecular formula is C24H32N2O3. The van der Waals surface area contributed by atoms with Crippen LogP contribution in [0.5, 0.6) is 11.5 Å². The van der Waals surface area contributed by atoms with Gasteiger partial charge in [-0.2, -0.15) is 0 Å². The molecule has 2 aromatic carbocycles. The molecule has 1 N–H and O–H groups in total. The van der Waals surface area contributed by atoms with Crippen molar-refractivity contribution in [2.75, 3.05) is 18.0 Å². The van der Waals surface area contributed by atoms with Gasteiger partial charge in [0.1, 0.15) is 17.6 Å². The van der Waals surface area contributed by atoms with E-state index in [1.54, 1.807) is 0 Å². The Labute approximate surface area is 174 Å². The van der Waals surface area contributed by atoms with Crippen LogP contribution in [0.1, 0.15) is 51.3 Å². The number of hydrogen-bond donors (Lipinski definition) is 1. The molecule has 0 bridgehead atoms. The lowest BCUT2D eigenvalue weighted by Gasteiger charge is -2.22. The summed E-state index contributed by atoms with van der Waals surface area (Å²) in [4.78, 5) is 13.6. The summed E-state index contributed by atoms with van der Waals surface area (Å²) in [6.45, 7) is 11.6. The fourth-order valence-corrected chi connectivity index (χ4v) is 3.79. The molecule has 0 aliphatic carbocycles. The first-order chi connectivity index (χ1) is 13.8. The van der Waals surface area contributed by atoms with Crippen LogP contribution in [0, 0.1) is 6.92 Å². The second-order valence-corrected chi connectivity index (χ2v) is 8.08. The molecule has 0 radical (unpaired) electrons. The fraction of sp³-hybridized carbons (Fsp3) is 0.458. The maximum Gasteiger partial charge on any atom is 0.217 e. The molecule has 1 aliphatic heterocycles. The van der Waals surface area contributed by atoms with Crippen molar-refractivity contribution < 1.29 is 14.3 Å². The maximum atomic E-state index is 11.2. The molecule has 5 nitrogen and oxygen atoms in total. The molecule has 2 atom stereocenters. The Bertz CT molecular complexity index is 833. The largest absolute Gasteiger partial charge is 0.491 e. The van der Waals surface area contributed by atoms with Gasteiger partial charge in [0, 0.05) is 25.6 Å². The number of aryl methyl sites for hydroxylation is 1. The standard InChI is InChI=1S/C24H32N2O3/c1-16(2)28-22-10-11-24(17(3)14-22)26-13-12-23(15-26)29-21-8-6-20(7-9-21)18(4)25-19(5)27/h6-11,14,16,18,23H,12-13,15H2,1-5H3,(H,25,27). The van der Waals surface area contributed by atoms with Crippen LogP contribution < -0.4 is 19.7 Å². The molecule has 1 aliphatic rings. The van der Waals surface area contributed by atoms with E-state index in [4.69, 9.17) is 9.47 Å². The molecule has 1 amide bonds. The molecular weight excluding hydrogens is 364 g/mol. The Morgan fingerprint density at radius 1 is 1.10 bits per heavy atom. The monoisotopic (exact) mass is 396 g/mol. The summed E-state index contributed by atoms with van der Waals surface area (Å²) in [6.07, 6.45) is 1.34. The summed E-state index contributed by atoms with van der Waals surface area (Å²) in [5, 5.41) is 2.90. The molecule has 0 aromatic heterocycles. The molecule has 29 heavy (non-hydrogen) atoms. The van der Waals surface area contributed by atoms with Crippen LogP contribution in [0.4, 0.5) is 5.69 Å². The van der Waals surface area contributed by atoms with E-state index < -0.39 is 0 Å². The van der Waals surface area contributed by atoms with Gasteiger partial charge >= 0.3 is 0 Å². The van der Waals surface area contributed by atoms with Gasteiger partial charge in [0.2, 0.25) is 5.91 Å². The minimum atomic E-state index is -0.0250. The van der Waals surface area contributed by atoms with Crippen molar-refractivity contribution >= 4 is 11.6 Å². The molecule has 2 aromatic rings. The second kappa shape index (κ2) is 9.21. The molecule has 1 heterocycles. The van der Waals surface area contributed by atoms with Crippen LogP contribution >= 0.6 is 0 Å². The van der Waals surface area contributed by atoms with Gasteiger partial charge in [-0.25, -0.2) is 0 Å². The average molecular weight is 397 g/mol. The third-order valence-corrected chi connectivity index (χ3v) is 5.13. The van der Waals surface area contributed by atoms with Crippen LogP contribution in [0.15, 0.2) is 42.5 Å². The number of carbonyl (C=O) groups is 1. The van der Waals surface area contributed by atoms with Gasteiger partial charge in [-0.05, 0) is 69.2 Å². The van der Waals surface area contributed by atoms with Crippen molar-refractivity contribution in [3.63, 3.8) is 0 Å². The van der Waals surface area contributed by atoms with Gasteiger partial charge < -0.3 is 19.7 Å². The van der Waals surface area contributed by atoms with Gasteiger partial charge in [0.25, 0.3) is 0 Å². The molecule has 5 heteroatoms. The first kappa shape index (κ1) is 21.0. The lowest BCUT2D eigenvalue weighted by molar-refractivity contribution is -0.119. The Balaban J connectivity index is 1.58. The Morgan fingerprint density at radius 2 is 1.79 bits per heavy atom. The lowest BCUT2D eigenvalue weighted by Crippen LogP contribution is -2.25. The number of nitrogens with one attached hydrogen (secondary N) is 1. The minimum Gasteiger partial charge on any atom is -0.491 e. The number of nitrogens with zero attached hydrogens (tertiary/aromatic N) is 1. The van der Waals surface area contributed by atoms with E-state index >= 15 is 0 Å². The number of ether oxygens (including phenoxy) is 2. The first-order valence-corrected chi connectivity index (χ1v) is 10.4. The quantitative estimate of drug-likeness (QED) is 0.741. The van der Waals surface area contributed by atoms with Gasteiger partial charge in [0.05, 0.1) is 18.7 Å². The zero-order valence-corrected chi connectivity index (χ0v) is 18.1. The second-order valence-electron chi connectivity index (χ2n) is 8.08. The van der Waals surface area contributed by atoms with E-state index in [0.717, 1.165) is 36.6 Å². The molecule has 2 unspecified atom stereocenters. The summed E-state index contributed by atoms with van der Waals surface area (Å²) in [7, 11) is 0. The summed E-state index contributed by atoms with van der Waals surface area (Å²) in [6, 6.07) is 14.3. The summed E-state index contributed by atoms with van der Waals surface area (Å²) < 4.78 is 12.0. The van der Waals surface area contributed by atoms with E-state index in [1.807, 2.05) is 51.1 Å². The zero-order chi connectivity index (χ0) is 21.0. The van der Waals surface area contributed by atoms with Crippen molar-refractivity contribution in [2.24, 2.45) is 0 Å². The zero-order valence-electron chi connectivity index (χ0n) is 18.1. The predicted octanol–water partition coefficient (Wildman–Crippen LogP) is 4.64. The van der Waals surface area contributed by atoms with Crippen LogP contribution in [0.3, 0.4) is 0 Å². The normalized spacial score (nSPS) is 17.3. The van der Waals surface area contributed by atoms with Gasteiger partial charge in [0.15, 0.2) is 0 Å². The molecule has 0 spiro atoms. The number of hydrogen-bond acceptors (Lipinski definition) is 4. The van der Waals surface area contributed by atoms with E-state index in [9.17, 15) is 4.79 Å². The fourth-order valence-electron chi connectivity index (χ4n) is 3.79. The summed E-state index contributed by atoms with van der Waals surface area (Å²) in [5.41, 5.74) is 3.53. The van der Waals surface area contributed by atoms with Crippen molar-refractivity contribution in [1.82, 2.24) is 5.32 Å². The lowest BCUT2D eigenvalue weighted by atomic mass is 10.1. The highest BCUT2D eigenvalue weighted by atomic mass is 16.5. The molecule has 1 fully saturated rings. The third kappa shape index (κ3) is 5.66. The SMILES string of the molecule is CC(=O)NC(C)c1ccc(OC2CCN(c3ccc(OC(C)C)cc3C)C2)cc1. The highest BCUT2D eigenvalue weighted by Crippen LogP contribution is 2.29. The van der Waals surface area contributed by atoms with Crippen molar-refractivity contribution in [1.29, 1.82) is 0 Å². The summed E-state index contributed by atoms with van der Waals surface area (Å²) in [5.74, 6) is 1.76. The van der Waals surface area contributed by atoms with E-state index in [0.29, 0.717) is 0 Å². The van der Waals surface area contributed by atoms with Crippen molar-refractivity contribution in [3.8, 4) is 11.5 Å². The van der Waals surface area contributed by atoms with Crippen LogP contribution in [-0.2, 0) is 4.79 Å². The number of rotatable bonds is 7. The average Bonchev–Trinajstić information content (AvgIpc) is 3.09. The molecule has 1 saturated heterocycles. The molecule has 0 saturated carbocycles. The van der Waals surface area contributed by atoms with Gasteiger partial charge in [-0.1, -0.05) is 12.1 Å². The van der Waals surface area contributed by atoms with Crippen LogP contribution in [0.2, 0.25) is 0 Å². The van der Waals surface area contributed by atoms with Gasteiger partial charge in [-0.3, -0.25) is 4.79 Å². The number of benzene rings is 2. The Morgan fingerprint density at radius 3 is 2.41 bits per heavy atom. The highest BCUT2D eigenvalue weighted by molar-refractivity contribution is 5.73. The highest BCUT2D eigenvalue weighted by Gasteiger charge is 2.25. The minimum absolute atomic E-state index is 0.00542. The first-order valence-electron chi connectivity index (χ1n) is 10.4.